The average molecular weight is 373 g/mol. The van der Waals surface area contributed by atoms with Gasteiger partial charge in [-0.25, -0.2) is 0 Å². The Morgan fingerprint density at radius 3 is 2.22 bits per heavy atom. The molecule has 2 aromatic carbocycles. The Bertz CT molecular complexity index is 730. The molecule has 2 rings (SSSR count). The van der Waals surface area contributed by atoms with Gasteiger partial charge in [-0.2, -0.15) is 0 Å². The number of hydrogen-bond acceptors (Lipinski definition) is 5. The molecule has 1 atom stereocenters. The summed E-state index contributed by atoms with van der Waals surface area (Å²) in [4.78, 5) is 12.3. The van der Waals surface area contributed by atoms with Crippen molar-refractivity contribution < 1.29 is 23.7 Å². The maximum atomic E-state index is 12.3. The zero-order valence-electron chi connectivity index (χ0n) is 16.3. The van der Waals surface area contributed by atoms with Crippen LogP contribution in [0.1, 0.15) is 26.3 Å². The number of ether oxygens (including phenoxy) is 4. The van der Waals surface area contributed by atoms with Crippen LogP contribution in [0.5, 0.6) is 23.0 Å². The highest BCUT2D eigenvalue weighted by molar-refractivity contribution is 5.80. The van der Waals surface area contributed by atoms with Gasteiger partial charge in [-0.15, -0.1) is 0 Å². The van der Waals surface area contributed by atoms with E-state index in [2.05, 4.69) is 5.32 Å². The lowest BCUT2D eigenvalue weighted by Crippen LogP contribution is -2.35. The Balaban J connectivity index is 1.92. The van der Waals surface area contributed by atoms with Gasteiger partial charge in [0.15, 0.2) is 17.6 Å². The highest BCUT2D eigenvalue weighted by Crippen LogP contribution is 2.28. The molecule has 6 nitrogen and oxygen atoms in total. The highest BCUT2D eigenvalue weighted by Gasteiger charge is 2.15. The van der Waals surface area contributed by atoms with E-state index in [-0.39, 0.29) is 5.91 Å². The number of rotatable bonds is 10. The van der Waals surface area contributed by atoms with Gasteiger partial charge >= 0.3 is 0 Å². The van der Waals surface area contributed by atoms with E-state index in [0.717, 1.165) is 11.3 Å². The molecule has 0 saturated carbocycles. The predicted octanol–water partition coefficient (Wildman–Crippen LogP) is 3.58. The maximum absolute atomic E-state index is 12.3. The zero-order chi connectivity index (χ0) is 19.6. The fraction of sp³-hybridized carbons (Fsp3) is 0.381. The van der Waals surface area contributed by atoms with Gasteiger partial charge in [0.05, 0.1) is 20.3 Å². The molecule has 1 amide bonds. The van der Waals surface area contributed by atoms with E-state index in [1.807, 2.05) is 32.0 Å². The highest BCUT2D eigenvalue weighted by atomic mass is 16.5. The van der Waals surface area contributed by atoms with Gasteiger partial charge in [0, 0.05) is 6.54 Å². The first-order valence-corrected chi connectivity index (χ1v) is 9.04. The molecule has 0 bridgehead atoms. The summed E-state index contributed by atoms with van der Waals surface area (Å²) in [6.07, 6.45) is -0.618. The first kappa shape index (κ1) is 20.4. The molecule has 1 unspecified atom stereocenters. The lowest BCUT2D eigenvalue weighted by Gasteiger charge is -2.16. The van der Waals surface area contributed by atoms with Gasteiger partial charge in [0.25, 0.3) is 5.91 Å². The topological polar surface area (TPSA) is 66.0 Å². The molecule has 27 heavy (non-hydrogen) atoms. The average Bonchev–Trinajstić information content (AvgIpc) is 2.68. The minimum absolute atomic E-state index is 0.197. The first-order chi connectivity index (χ1) is 13.1. The number of carbonyl (C=O) groups is 1. The summed E-state index contributed by atoms with van der Waals surface area (Å²) in [5, 5.41) is 2.88. The van der Waals surface area contributed by atoms with E-state index in [9.17, 15) is 4.79 Å². The normalized spacial score (nSPS) is 11.4. The Labute approximate surface area is 160 Å². The Morgan fingerprint density at radius 2 is 1.59 bits per heavy atom. The molecule has 0 aliphatic carbocycles. The summed E-state index contributed by atoms with van der Waals surface area (Å²) in [5.41, 5.74) is 0.923. The second-order valence-electron chi connectivity index (χ2n) is 5.80. The van der Waals surface area contributed by atoms with Crippen molar-refractivity contribution in [2.75, 3.05) is 20.3 Å². The van der Waals surface area contributed by atoms with Gasteiger partial charge in [-0.3, -0.25) is 4.79 Å². The molecule has 0 aliphatic rings. The van der Waals surface area contributed by atoms with E-state index >= 15 is 0 Å². The predicted molar refractivity (Wildman–Crippen MR) is 104 cm³/mol. The monoisotopic (exact) mass is 373 g/mol. The minimum Gasteiger partial charge on any atom is -0.497 e. The molecule has 0 fully saturated rings. The number of amides is 1. The summed E-state index contributed by atoms with van der Waals surface area (Å²) in [6.45, 7) is 7.04. The molecule has 146 valence electrons. The van der Waals surface area contributed by atoms with Crippen LogP contribution in [-0.4, -0.2) is 32.3 Å². The Morgan fingerprint density at radius 1 is 0.963 bits per heavy atom. The molecular weight excluding hydrogens is 346 g/mol. The lowest BCUT2D eigenvalue weighted by molar-refractivity contribution is -0.127. The van der Waals surface area contributed by atoms with Crippen molar-refractivity contribution in [3.8, 4) is 23.0 Å². The molecule has 0 heterocycles. The van der Waals surface area contributed by atoms with Crippen molar-refractivity contribution in [2.24, 2.45) is 0 Å². The third-order valence-corrected chi connectivity index (χ3v) is 3.82. The van der Waals surface area contributed by atoms with Crippen LogP contribution in [0.15, 0.2) is 42.5 Å². The third-order valence-electron chi connectivity index (χ3n) is 3.82. The van der Waals surface area contributed by atoms with E-state index in [0.29, 0.717) is 37.0 Å². The van der Waals surface area contributed by atoms with E-state index in [1.165, 1.54) is 0 Å². The van der Waals surface area contributed by atoms with Crippen molar-refractivity contribution in [3.63, 3.8) is 0 Å². The standard InChI is InChI=1S/C21H27NO5/c1-5-25-19-12-7-16(13-20(19)26-6-2)14-22-21(23)15(3)27-18-10-8-17(24-4)9-11-18/h7-13,15H,5-6,14H2,1-4H3,(H,22,23). The summed E-state index contributed by atoms with van der Waals surface area (Å²) < 4.78 is 21.9. The van der Waals surface area contributed by atoms with Crippen LogP contribution >= 0.6 is 0 Å². The second kappa shape index (κ2) is 10.3. The summed E-state index contributed by atoms with van der Waals surface area (Å²) in [6, 6.07) is 12.7. The van der Waals surface area contributed by atoms with E-state index in [4.69, 9.17) is 18.9 Å². The second-order valence-corrected chi connectivity index (χ2v) is 5.80. The summed E-state index contributed by atoms with van der Waals surface area (Å²) >= 11 is 0. The van der Waals surface area contributed by atoms with Crippen LogP contribution in [0.2, 0.25) is 0 Å². The van der Waals surface area contributed by atoms with E-state index < -0.39 is 6.10 Å². The molecular formula is C21H27NO5. The van der Waals surface area contributed by atoms with Crippen molar-refractivity contribution >= 4 is 5.91 Å². The molecule has 0 aliphatic heterocycles. The van der Waals surface area contributed by atoms with Crippen LogP contribution in [0.4, 0.5) is 0 Å². The molecule has 0 spiro atoms. The summed E-state index contributed by atoms with van der Waals surface area (Å²) in [5.74, 6) is 2.52. The molecule has 2 aromatic rings. The zero-order valence-corrected chi connectivity index (χ0v) is 16.3. The number of nitrogens with one attached hydrogen (secondary N) is 1. The van der Waals surface area contributed by atoms with Gasteiger partial charge in [0.1, 0.15) is 11.5 Å². The first-order valence-electron chi connectivity index (χ1n) is 9.04. The van der Waals surface area contributed by atoms with Gasteiger partial charge in [0.2, 0.25) is 0 Å². The minimum atomic E-state index is -0.618. The van der Waals surface area contributed by atoms with Gasteiger partial charge in [-0.05, 0) is 62.7 Å². The number of hydrogen-bond donors (Lipinski definition) is 1. The number of carbonyl (C=O) groups excluding carboxylic acids is 1. The third kappa shape index (κ3) is 6.09. The quantitative estimate of drug-likeness (QED) is 0.690. The van der Waals surface area contributed by atoms with Crippen LogP contribution in [0.3, 0.4) is 0 Å². The van der Waals surface area contributed by atoms with Crippen LogP contribution in [0, 0.1) is 0 Å². The fourth-order valence-electron chi connectivity index (χ4n) is 2.45. The van der Waals surface area contributed by atoms with Crippen molar-refractivity contribution in [2.45, 2.75) is 33.4 Å². The number of benzene rings is 2. The molecule has 1 N–H and O–H groups in total. The lowest BCUT2D eigenvalue weighted by atomic mass is 10.2. The smallest absolute Gasteiger partial charge is 0.261 e. The van der Waals surface area contributed by atoms with Crippen molar-refractivity contribution in [1.29, 1.82) is 0 Å². The van der Waals surface area contributed by atoms with Gasteiger partial charge in [-0.1, -0.05) is 6.07 Å². The maximum Gasteiger partial charge on any atom is 0.261 e. The van der Waals surface area contributed by atoms with E-state index in [1.54, 1.807) is 38.3 Å². The Kier molecular flexibility index (Phi) is 7.79. The number of methoxy groups -OCH3 is 1. The Hall–Kier alpha value is -2.89. The molecule has 0 radical (unpaired) electrons. The van der Waals surface area contributed by atoms with Crippen LogP contribution in [0.25, 0.3) is 0 Å². The fourth-order valence-corrected chi connectivity index (χ4v) is 2.45. The SMILES string of the molecule is CCOc1ccc(CNC(=O)C(C)Oc2ccc(OC)cc2)cc1OCC. The molecule has 0 aromatic heterocycles. The largest absolute Gasteiger partial charge is 0.497 e. The molecule has 0 saturated heterocycles. The van der Waals surface area contributed by atoms with Crippen LogP contribution < -0.4 is 24.3 Å². The summed E-state index contributed by atoms with van der Waals surface area (Å²) in [7, 11) is 1.60. The van der Waals surface area contributed by atoms with Crippen LogP contribution in [-0.2, 0) is 11.3 Å². The van der Waals surface area contributed by atoms with Crippen molar-refractivity contribution in [3.05, 3.63) is 48.0 Å². The molecule has 6 heteroatoms. The van der Waals surface area contributed by atoms with Crippen molar-refractivity contribution in [1.82, 2.24) is 5.32 Å². The van der Waals surface area contributed by atoms with Gasteiger partial charge < -0.3 is 24.3 Å².